The highest BCUT2D eigenvalue weighted by molar-refractivity contribution is 5.87. The molecule has 1 fully saturated rings. The summed E-state index contributed by atoms with van der Waals surface area (Å²) in [7, 11) is 0. The molecule has 0 amide bonds. The molecule has 0 N–H and O–H groups in total. The molecule has 4 aromatic rings. The van der Waals surface area contributed by atoms with E-state index in [1.807, 2.05) is 31.2 Å². The predicted octanol–water partition coefficient (Wildman–Crippen LogP) is 7.16. The molecule has 0 unspecified atom stereocenters. The van der Waals surface area contributed by atoms with E-state index in [0.29, 0.717) is 24.2 Å². The molecule has 5 rings (SSSR count). The van der Waals surface area contributed by atoms with Crippen molar-refractivity contribution in [1.29, 1.82) is 0 Å². The lowest BCUT2D eigenvalue weighted by Crippen LogP contribution is -2.34. The summed E-state index contributed by atoms with van der Waals surface area (Å²) in [6.07, 6.45) is 14.0. The number of benzene rings is 2. The Hall–Kier alpha value is -3.49. The number of likely N-dealkylation sites (tertiary alicyclic amines) is 1. The van der Waals surface area contributed by atoms with Gasteiger partial charge in [-0.2, -0.15) is 0 Å². The number of nitrogens with zero attached hydrogens (tertiary/aromatic N) is 2. The van der Waals surface area contributed by atoms with Gasteiger partial charge in [-0.15, -0.1) is 12.8 Å². The molecular weight excluding hydrogens is 448 g/mol. The average molecular weight is 485 g/mol. The van der Waals surface area contributed by atoms with Crippen molar-refractivity contribution >= 4 is 11.0 Å². The number of fused-ring (bicyclic) bond motifs is 1. The molecule has 0 atom stereocenters. The van der Waals surface area contributed by atoms with Crippen molar-refractivity contribution in [2.75, 3.05) is 26.2 Å². The number of oxazole rings is 1. The minimum atomic E-state index is 0.517. The zero-order valence-corrected chi connectivity index (χ0v) is 21.6. The van der Waals surface area contributed by atoms with Crippen LogP contribution in [0.15, 0.2) is 57.5 Å². The first kappa shape index (κ1) is 25.6. The molecule has 0 radical (unpaired) electrons. The topological polar surface area (TPSA) is 51.6 Å². The van der Waals surface area contributed by atoms with E-state index in [0.717, 1.165) is 55.0 Å². The minimum Gasteiger partial charge on any atom is -0.493 e. The number of ether oxygens (including phenoxy) is 1. The number of furan rings is 1. The number of piperidine rings is 1. The molecule has 188 valence electrons. The average Bonchev–Trinajstić information content (AvgIpc) is 3.57. The highest BCUT2D eigenvalue weighted by Crippen LogP contribution is 2.33. The Balaban J connectivity index is 0.00000148. The Morgan fingerprint density at radius 1 is 1.03 bits per heavy atom. The van der Waals surface area contributed by atoms with Crippen LogP contribution < -0.4 is 4.74 Å². The Labute approximate surface area is 214 Å². The van der Waals surface area contributed by atoms with E-state index in [1.54, 1.807) is 6.20 Å². The normalized spacial score (nSPS) is 14.5. The predicted molar refractivity (Wildman–Crippen MR) is 145 cm³/mol. The summed E-state index contributed by atoms with van der Waals surface area (Å²) in [6, 6.07) is 14.9. The SMILES string of the molecule is C#C.CCc1cnc(-c2cc3c(OCCCN4CCC(c5ccc(C)c(C)c5)CC4)cccc3o2)o1. The standard InChI is InChI=1S/C29H34N2O3.C2H2/c1-4-24-19-30-29(33-24)28-18-25-26(7-5-8-27(25)34-28)32-16-6-13-31-14-11-22(12-15-31)23-10-9-20(2)21(3)17-23;1-2/h5,7-10,17-19,22H,4,6,11-16H2,1-3H3;1-2H. The number of aryl methyl sites for hydroxylation is 3. The molecule has 5 nitrogen and oxygen atoms in total. The lowest BCUT2D eigenvalue weighted by atomic mass is 9.88. The summed E-state index contributed by atoms with van der Waals surface area (Å²) in [5.41, 5.74) is 5.08. The van der Waals surface area contributed by atoms with Gasteiger partial charge in [-0.05, 0) is 80.9 Å². The first-order valence-corrected chi connectivity index (χ1v) is 12.8. The van der Waals surface area contributed by atoms with Crippen molar-refractivity contribution in [1.82, 2.24) is 9.88 Å². The van der Waals surface area contributed by atoms with E-state index in [-0.39, 0.29) is 0 Å². The maximum atomic E-state index is 6.16. The van der Waals surface area contributed by atoms with Crippen LogP contribution in [-0.2, 0) is 6.42 Å². The fraction of sp³-hybridized carbons (Fsp3) is 0.387. The van der Waals surface area contributed by atoms with Gasteiger partial charge in [0.15, 0.2) is 5.76 Å². The lowest BCUT2D eigenvalue weighted by Gasteiger charge is -2.32. The van der Waals surface area contributed by atoms with Crippen LogP contribution in [0, 0.1) is 26.7 Å². The van der Waals surface area contributed by atoms with Gasteiger partial charge in [0, 0.05) is 19.0 Å². The highest BCUT2D eigenvalue weighted by atomic mass is 16.5. The molecule has 2 aromatic heterocycles. The highest BCUT2D eigenvalue weighted by Gasteiger charge is 2.21. The monoisotopic (exact) mass is 484 g/mol. The summed E-state index contributed by atoms with van der Waals surface area (Å²) in [5.74, 6) is 3.55. The van der Waals surface area contributed by atoms with Crippen LogP contribution in [-0.4, -0.2) is 36.1 Å². The summed E-state index contributed by atoms with van der Waals surface area (Å²) < 4.78 is 17.9. The molecule has 3 heterocycles. The fourth-order valence-electron chi connectivity index (χ4n) is 4.83. The molecule has 36 heavy (non-hydrogen) atoms. The second-order valence-corrected chi connectivity index (χ2v) is 9.43. The van der Waals surface area contributed by atoms with Crippen molar-refractivity contribution in [3.8, 4) is 30.2 Å². The number of hydrogen-bond donors (Lipinski definition) is 0. The number of rotatable bonds is 8. The molecule has 5 heteroatoms. The molecule has 1 saturated heterocycles. The smallest absolute Gasteiger partial charge is 0.263 e. The Morgan fingerprint density at radius 3 is 2.56 bits per heavy atom. The summed E-state index contributed by atoms with van der Waals surface area (Å²) in [5, 5.41) is 0.961. The van der Waals surface area contributed by atoms with Crippen LogP contribution in [0.1, 0.15) is 54.6 Å². The quantitative estimate of drug-likeness (QED) is 0.196. The maximum Gasteiger partial charge on any atom is 0.263 e. The van der Waals surface area contributed by atoms with Gasteiger partial charge in [0.05, 0.1) is 18.2 Å². The van der Waals surface area contributed by atoms with Gasteiger partial charge in [-0.3, -0.25) is 0 Å². The molecule has 0 spiro atoms. The van der Waals surface area contributed by atoms with Gasteiger partial charge in [0.2, 0.25) is 0 Å². The van der Waals surface area contributed by atoms with Gasteiger partial charge in [0.1, 0.15) is 17.1 Å². The zero-order valence-electron chi connectivity index (χ0n) is 21.6. The third-order valence-electron chi connectivity index (χ3n) is 7.10. The Bertz CT molecular complexity index is 1290. The van der Waals surface area contributed by atoms with Crippen molar-refractivity contribution in [3.63, 3.8) is 0 Å². The molecule has 2 aromatic carbocycles. The van der Waals surface area contributed by atoms with Crippen LogP contribution in [0.5, 0.6) is 5.75 Å². The lowest BCUT2D eigenvalue weighted by molar-refractivity contribution is 0.193. The fourth-order valence-corrected chi connectivity index (χ4v) is 4.83. The van der Waals surface area contributed by atoms with E-state index in [9.17, 15) is 0 Å². The van der Waals surface area contributed by atoms with E-state index in [2.05, 4.69) is 54.8 Å². The van der Waals surface area contributed by atoms with Crippen molar-refractivity contribution in [2.45, 2.75) is 52.4 Å². The third-order valence-corrected chi connectivity index (χ3v) is 7.10. The Kier molecular flexibility index (Phi) is 8.51. The van der Waals surface area contributed by atoms with Gasteiger partial charge < -0.3 is 18.5 Å². The van der Waals surface area contributed by atoms with Crippen molar-refractivity contribution < 1.29 is 13.6 Å². The van der Waals surface area contributed by atoms with E-state index < -0.39 is 0 Å². The van der Waals surface area contributed by atoms with E-state index >= 15 is 0 Å². The minimum absolute atomic E-state index is 0.517. The molecule has 1 aliphatic heterocycles. The number of hydrogen-bond acceptors (Lipinski definition) is 5. The van der Waals surface area contributed by atoms with Crippen LogP contribution in [0.3, 0.4) is 0 Å². The van der Waals surface area contributed by atoms with Gasteiger partial charge in [-0.1, -0.05) is 31.2 Å². The molecule has 0 bridgehead atoms. The van der Waals surface area contributed by atoms with Gasteiger partial charge in [-0.25, -0.2) is 4.98 Å². The number of aromatic nitrogens is 1. The molecule has 1 aliphatic rings. The summed E-state index contributed by atoms with van der Waals surface area (Å²) >= 11 is 0. The maximum absolute atomic E-state index is 6.16. The second-order valence-electron chi connectivity index (χ2n) is 9.43. The van der Waals surface area contributed by atoms with Crippen LogP contribution in [0.25, 0.3) is 22.6 Å². The molecule has 0 saturated carbocycles. The van der Waals surface area contributed by atoms with Gasteiger partial charge in [0.25, 0.3) is 5.89 Å². The van der Waals surface area contributed by atoms with Crippen LogP contribution in [0.2, 0.25) is 0 Å². The van der Waals surface area contributed by atoms with Crippen LogP contribution in [0.4, 0.5) is 0 Å². The van der Waals surface area contributed by atoms with Gasteiger partial charge >= 0.3 is 0 Å². The zero-order chi connectivity index (χ0) is 25.5. The van der Waals surface area contributed by atoms with E-state index in [4.69, 9.17) is 13.6 Å². The first-order chi connectivity index (χ1) is 17.6. The van der Waals surface area contributed by atoms with Crippen molar-refractivity contribution in [3.05, 3.63) is 71.1 Å². The van der Waals surface area contributed by atoms with Crippen molar-refractivity contribution in [2.24, 2.45) is 0 Å². The number of terminal acetylenes is 1. The van der Waals surface area contributed by atoms with E-state index in [1.165, 1.54) is 29.5 Å². The van der Waals surface area contributed by atoms with Crippen LogP contribution >= 0.6 is 0 Å². The summed E-state index contributed by atoms with van der Waals surface area (Å²) in [6.45, 7) is 10.5. The molecule has 0 aliphatic carbocycles. The second kappa shape index (κ2) is 12.0. The Morgan fingerprint density at radius 2 is 1.83 bits per heavy atom. The molecular formula is C31H36N2O3. The third kappa shape index (κ3) is 5.83. The summed E-state index contributed by atoms with van der Waals surface area (Å²) in [4.78, 5) is 6.91. The first-order valence-electron chi connectivity index (χ1n) is 12.8. The largest absolute Gasteiger partial charge is 0.493 e.